The molecule has 4 saturated carbocycles. The Labute approximate surface area is 222 Å². The second kappa shape index (κ2) is 10.9. The summed E-state index contributed by atoms with van der Waals surface area (Å²) in [5, 5.41) is 3.01. The van der Waals surface area contributed by atoms with Crippen molar-refractivity contribution in [3.8, 4) is 0 Å². The molecule has 200 valence electrons. The topological polar surface area (TPSA) is 41.1 Å². The van der Waals surface area contributed by atoms with E-state index in [4.69, 9.17) is 0 Å². The van der Waals surface area contributed by atoms with Crippen molar-refractivity contribution in [3.05, 3.63) is 30.1 Å². The summed E-state index contributed by atoms with van der Waals surface area (Å²) in [6.07, 6.45) is 16.7. The van der Waals surface area contributed by atoms with E-state index >= 15 is 0 Å². The SMILES string of the molecule is CC[C@H]1CC2C3CCC(CCCNC(=O)NSc4cccc(F)c4)C3(C)CC[C@@H]2C2(C)CCCCC12. The van der Waals surface area contributed by atoms with Crippen LogP contribution in [0.3, 0.4) is 0 Å². The predicted molar refractivity (Wildman–Crippen MR) is 147 cm³/mol. The fourth-order valence-corrected chi connectivity index (χ4v) is 10.4. The summed E-state index contributed by atoms with van der Waals surface area (Å²) in [5.74, 6) is 5.26. The van der Waals surface area contributed by atoms with Crippen LogP contribution in [0.1, 0.15) is 97.8 Å². The van der Waals surface area contributed by atoms with Crippen LogP contribution in [0.25, 0.3) is 0 Å². The molecule has 0 saturated heterocycles. The molecule has 0 aromatic heterocycles. The number of hydrogen-bond acceptors (Lipinski definition) is 2. The van der Waals surface area contributed by atoms with Crippen molar-refractivity contribution in [1.82, 2.24) is 10.0 Å². The average molecular weight is 515 g/mol. The van der Waals surface area contributed by atoms with Gasteiger partial charge >= 0.3 is 6.03 Å². The second-order valence-corrected chi connectivity index (χ2v) is 13.9. The summed E-state index contributed by atoms with van der Waals surface area (Å²) < 4.78 is 16.1. The zero-order chi connectivity index (χ0) is 25.3. The molecule has 2 N–H and O–H groups in total. The molecule has 2 amide bonds. The molecule has 0 aliphatic heterocycles. The first-order chi connectivity index (χ1) is 17.3. The third-order valence-corrected chi connectivity index (χ3v) is 12.3. The lowest BCUT2D eigenvalue weighted by Gasteiger charge is -2.62. The minimum absolute atomic E-state index is 0.191. The molecule has 1 aromatic rings. The minimum atomic E-state index is -0.286. The maximum atomic E-state index is 13.3. The lowest BCUT2D eigenvalue weighted by atomic mass is 9.42. The number of urea groups is 1. The van der Waals surface area contributed by atoms with E-state index in [-0.39, 0.29) is 11.8 Å². The Kier molecular flexibility index (Phi) is 7.96. The quantitative estimate of drug-likeness (QED) is 0.282. The Balaban J connectivity index is 1.13. The number of hydrogen-bond donors (Lipinski definition) is 2. The van der Waals surface area contributed by atoms with Crippen LogP contribution < -0.4 is 10.0 Å². The molecule has 0 spiro atoms. The van der Waals surface area contributed by atoms with Crippen LogP contribution in [-0.4, -0.2) is 12.6 Å². The fourth-order valence-electron chi connectivity index (χ4n) is 9.83. The van der Waals surface area contributed by atoms with E-state index in [0.717, 1.165) is 53.9 Å². The van der Waals surface area contributed by atoms with Crippen molar-refractivity contribution in [2.45, 2.75) is 103 Å². The monoisotopic (exact) mass is 514 g/mol. The molecule has 6 unspecified atom stereocenters. The summed E-state index contributed by atoms with van der Waals surface area (Å²) in [7, 11) is 0. The average Bonchev–Trinajstić information content (AvgIpc) is 3.21. The highest BCUT2D eigenvalue weighted by Crippen LogP contribution is 2.69. The van der Waals surface area contributed by atoms with Crippen molar-refractivity contribution in [1.29, 1.82) is 0 Å². The number of rotatable bonds is 7. The van der Waals surface area contributed by atoms with E-state index < -0.39 is 0 Å². The van der Waals surface area contributed by atoms with Gasteiger partial charge in [0.1, 0.15) is 5.82 Å². The molecular weight excluding hydrogens is 467 g/mol. The molecule has 3 nitrogen and oxygen atoms in total. The third kappa shape index (κ3) is 4.95. The molecule has 0 bridgehead atoms. The largest absolute Gasteiger partial charge is 0.337 e. The molecule has 4 aliphatic carbocycles. The van der Waals surface area contributed by atoms with Gasteiger partial charge < -0.3 is 5.32 Å². The number of carbonyl (C=O) groups excluding carboxylic acids is 1. The fraction of sp³-hybridized carbons (Fsp3) is 0.774. The van der Waals surface area contributed by atoms with Crippen LogP contribution >= 0.6 is 11.9 Å². The van der Waals surface area contributed by atoms with Crippen LogP contribution in [0.2, 0.25) is 0 Å². The number of carbonyl (C=O) groups is 1. The standard InChI is InChI=1S/C31H47FN2OS/c1-4-21-19-25-27-14-13-22(9-8-18-33-29(35)34-36-24-11-7-10-23(32)20-24)30(27,2)17-15-28(25)31(3)16-6-5-12-26(21)31/h7,10-11,20-22,25-28H,4-6,8-9,12-19H2,1-3H3,(H2,33,34,35)/t21-,22?,25?,26?,27?,28-,30?,31?/m0/s1. The molecular formula is C31H47FN2OS. The minimum Gasteiger partial charge on any atom is -0.337 e. The van der Waals surface area contributed by atoms with Gasteiger partial charge in [0.15, 0.2) is 0 Å². The van der Waals surface area contributed by atoms with Crippen molar-refractivity contribution in [3.63, 3.8) is 0 Å². The first kappa shape index (κ1) is 26.4. The number of benzene rings is 1. The number of amides is 2. The van der Waals surface area contributed by atoms with Crippen molar-refractivity contribution in [2.24, 2.45) is 46.3 Å². The van der Waals surface area contributed by atoms with Crippen LogP contribution in [0, 0.1) is 52.2 Å². The number of halogens is 1. The molecule has 1 aromatic carbocycles. The van der Waals surface area contributed by atoms with E-state index in [1.165, 1.54) is 82.8 Å². The first-order valence-electron chi connectivity index (χ1n) is 14.8. The summed E-state index contributed by atoms with van der Waals surface area (Å²) in [6, 6.07) is 6.10. The zero-order valence-corrected chi connectivity index (χ0v) is 23.5. The Hall–Kier alpha value is -1.23. The highest BCUT2D eigenvalue weighted by Gasteiger charge is 2.60. The summed E-state index contributed by atoms with van der Waals surface area (Å²) in [6.45, 7) is 8.50. The third-order valence-electron chi connectivity index (χ3n) is 11.5. The Morgan fingerprint density at radius 2 is 1.89 bits per heavy atom. The van der Waals surface area contributed by atoms with E-state index in [2.05, 4.69) is 30.8 Å². The van der Waals surface area contributed by atoms with Crippen LogP contribution in [0.15, 0.2) is 29.2 Å². The van der Waals surface area contributed by atoms with Crippen LogP contribution in [0.4, 0.5) is 9.18 Å². The normalized spacial score (nSPS) is 39.6. The Bertz CT molecular complexity index is 926. The van der Waals surface area contributed by atoms with Gasteiger partial charge in [0, 0.05) is 11.4 Å². The van der Waals surface area contributed by atoms with Crippen molar-refractivity contribution in [2.75, 3.05) is 6.54 Å². The Morgan fingerprint density at radius 3 is 2.69 bits per heavy atom. The van der Waals surface area contributed by atoms with E-state index in [0.29, 0.717) is 22.3 Å². The van der Waals surface area contributed by atoms with E-state index in [1.807, 2.05) is 0 Å². The van der Waals surface area contributed by atoms with Gasteiger partial charge in [-0.25, -0.2) is 9.18 Å². The molecule has 4 aliphatic rings. The van der Waals surface area contributed by atoms with Gasteiger partial charge in [-0.05, 0) is 134 Å². The van der Waals surface area contributed by atoms with Crippen molar-refractivity contribution < 1.29 is 9.18 Å². The summed E-state index contributed by atoms with van der Waals surface area (Å²) >= 11 is 1.16. The maximum absolute atomic E-state index is 13.3. The molecule has 5 rings (SSSR count). The smallest absolute Gasteiger partial charge is 0.325 e. The molecule has 4 fully saturated rings. The highest BCUT2D eigenvalue weighted by atomic mass is 32.2. The molecule has 5 heteroatoms. The summed E-state index contributed by atoms with van der Waals surface area (Å²) in [5.41, 5.74) is 1.09. The van der Waals surface area contributed by atoms with Crippen molar-refractivity contribution >= 4 is 18.0 Å². The lowest BCUT2D eigenvalue weighted by Crippen LogP contribution is -2.55. The molecule has 36 heavy (non-hydrogen) atoms. The van der Waals surface area contributed by atoms with Gasteiger partial charge in [0.2, 0.25) is 0 Å². The van der Waals surface area contributed by atoms with Gasteiger partial charge in [-0.15, -0.1) is 0 Å². The van der Waals surface area contributed by atoms with Crippen LogP contribution in [-0.2, 0) is 0 Å². The second-order valence-electron chi connectivity index (χ2n) is 13.0. The Morgan fingerprint density at radius 1 is 1.06 bits per heavy atom. The zero-order valence-electron chi connectivity index (χ0n) is 22.7. The van der Waals surface area contributed by atoms with Gasteiger partial charge in [0.05, 0.1) is 0 Å². The molecule has 0 heterocycles. The maximum Gasteiger partial charge on any atom is 0.325 e. The lowest BCUT2D eigenvalue weighted by molar-refractivity contribution is -0.135. The number of nitrogens with one attached hydrogen (secondary N) is 2. The summed E-state index contributed by atoms with van der Waals surface area (Å²) in [4.78, 5) is 12.9. The predicted octanol–water partition coefficient (Wildman–Crippen LogP) is 8.60. The molecule has 8 atom stereocenters. The van der Waals surface area contributed by atoms with Gasteiger partial charge in [-0.2, -0.15) is 0 Å². The van der Waals surface area contributed by atoms with Gasteiger partial charge in [-0.3, -0.25) is 4.72 Å². The van der Waals surface area contributed by atoms with E-state index in [1.54, 1.807) is 12.1 Å². The van der Waals surface area contributed by atoms with Crippen LogP contribution in [0.5, 0.6) is 0 Å². The van der Waals surface area contributed by atoms with Gasteiger partial charge in [0.25, 0.3) is 0 Å². The van der Waals surface area contributed by atoms with E-state index in [9.17, 15) is 9.18 Å². The first-order valence-corrected chi connectivity index (χ1v) is 15.6. The highest BCUT2D eigenvalue weighted by molar-refractivity contribution is 7.98. The number of fused-ring (bicyclic) bond motifs is 5. The molecule has 0 radical (unpaired) electrons. The van der Waals surface area contributed by atoms with Gasteiger partial charge in [-0.1, -0.05) is 46.1 Å².